The molecule has 0 saturated carbocycles. The Morgan fingerprint density at radius 1 is 1.24 bits per heavy atom. The van der Waals surface area contributed by atoms with E-state index in [1.54, 1.807) is 7.11 Å². The van der Waals surface area contributed by atoms with E-state index in [1.165, 1.54) is 0 Å². The van der Waals surface area contributed by atoms with Gasteiger partial charge >= 0.3 is 0 Å². The minimum atomic E-state index is 0. The number of anilines is 1. The van der Waals surface area contributed by atoms with Crippen LogP contribution in [0.2, 0.25) is 0 Å². The molecular weight excluding hydrogens is 481 g/mol. The van der Waals surface area contributed by atoms with Crippen LogP contribution >= 0.6 is 24.0 Å². The lowest BCUT2D eigenvalue weighted by molar-refractivity contribution is 0.0676. The molecule has 0 radical (unpaired) electrons. The third-order valence-electron chi connectivity index (χ3n) is 4.67. The number of aryl methyl sites for hydroxylation is 1. The highest BCUT2D eigenvalue weighted by Gasteiger charge is 2.17. The zero-order valence-electron chi connectivity index (χ0n) is 17.0. The molecule has 0 aliphatic carbocycles. The number of hydrogen-bond donors (Lipinski definition) is 2. The summed E-state index contributed by atoms with van der Waals surface area (Å²) >= 11 is 0. The fourth-order valence-electron chi connectivity index (χ4n) is 3.16. The molecule has 2 aromatic rings. The minimum Gasteiger partial charge on any atom is -0.491 e. The van der Waals surface area contributed by atoms with Crippen molar-refractivity contribution in [2.24, 2.45) is 10.7 Å². The minimum absolute atomic E-state index is 0. The summed E-state index contributed by atoms with van der Waals surface area (Å²) in [5.74, 6) is 1.20. The van der Waals surface area contributed by atoms with Gasteiger partial charge in [-0.1, -0.05) is 30.3 Å². The SMILES string of the molecule is COCc1ccccc1NC(N)=NCc1ccc(C)cc1OCC1CCCO1.I. The van der Waals surface area contributed by atoms with E-state index in [4.69, 9.17) is 19.9 Å². The summed E-state index contributed by atoms with van der Waals surface area (Å²) in [6, 6.07) is 14.0. The van der Waals surface area contributed by atoms with Gasteiger partial charge in [-0.25, -0.2) is 4.99 Å². The Labute approximate surface area is 189 Å². The molecule has 0 amide bonds. The quantitative estimate of drug-likeness (QED) is 0.315. The first-order valence-corrected chi connectivity index (χ1v) is 9.63. The number of ether oxygens (including phenoxy) is 3. The van der Waals surface area contributed by atoms with Crippen molar-refractivity contribution >= 4 is 35.6 Å². The Balaban J connectivity index is 0.00000300. The van der Waals surface area contributed by atoms with Gasteiger partial charge in [0.25, 0.3) is 0 Å². The predicted molar refractivity (Wildman–Crippen MR) is 127 cm³/mol. The van der Waals surface area contributed by atoms with Crippen LogP contribution < -0.4 is 15.8 Å². The average Bonchev–Trinajstić information content (AvgIpc) is 3.21. The number of nitrogens with two attached hydrogens (primary N) is 1. The third kappa shape index (κ3) is 7.17. The molecule has 2 aromatic carbocycles. The second kappa shape index (κ2) is 12.0. The van der Waals surface area contributed by atoms with Gasteiger partial charge in [0.2, 0.25) is 0 Å². The van der Waals surface area contributed by atoms with E-state index in [2.05, 4.69) is 23.3 Å². The number of benzene rings is 2. The van der Waals surface area contributed by atoms with E-state index >= 15 is 0 Å². The highest BCUT2D eigenvalue weighted by molar-refractivity contribution is 14.0. The molecule has 1 saturated heterocycles. The number of guanidine groups is 1. The lowest BCUT2D eigenvalue weighted by atomic mass is 10.1. The van der Waals surface area contributed by atoms with Crippen LogP contribution in [0.3, 0.4) is 0 Å². The van der Waals surface area contributed by atoms with Crippen molar-refractivity contribution in [2.75, 3.05) is 25.6 Å². The third-order valence-corrected chi connectivity index (χ3v) is 4.67. The Hall–Kier alpha value is -1.84. The summed E-state index contributed by atoms with van der Waals surface area (Å²) in [6.07, 6.45) is 2.34. The fourth-order valence-corrected chi connectivity index (χ4v) is 3.16. The van der Waals surface area contributed by atoms with Crippen molar-refractivity contribution in [1.29, 1.82) is 0 Å². The van der Waals surface area contributed by atoms with Crippen LogP contribution in [0.4, 0.5) is 5.69 Å². The number of nitrogens with one attached hydrogen (secondary N) is 1. The molecule has 29 heavy (non-hydrogen) atoms. The molecule has 1 aliphatic rings. The van der Waals surface area contributed by atoms with Crippen LogP contribution in [-0.4, -0.2) is 32.4 Å². The lowest BCUT2D eigenvalue weighted by Crippen LogP contribution is -2.23. The van der Waals surface area contributed by atoms with E-state index < -0.39 is 0 Å². The van der Waals surface area contributed by atoms with Gasteiger partial charge in [-0.15, -0.1) is 24.0 Å². The van der Waals surface area contributed by atoms with E-state index in [-0.39, 0.29) is 30.1 Å². The number of halogens is 1. The Morgan fingerprint density at radius 3 is 2.83 bits per heavy atom. The first-order valence-electron chi connectivity index (χ1n) is 9.63. The molecular formula is C22H30IN3O3. The molecule has 0 bridgehead atoms. The molecule has 1 fully saturated rings. The van der Waals surface area contributed by atoms with Crippen LogP contribution in [0.5, 0.6) is 5.75 Å². The molecule has 6 nitrogen and oxygen atoms in total. The zero-order chi connectivity index (χ0) is 19.8. The van der Waals surface area contributed by atoms with Gasteiger partial charge < -0.3 is 25.3 Å². The molecule has 1 aliphatic heterocycles. The molecule has 1 heterocycles. The second-order valence-electron chi connectivity index (χ2n) is 6.97. The molecule has 7 heteroatoms. The normalized spacial score (nSPS) is 16.3. The van der Waals surface area contributed by atoms with Gasteiger partial charge in [0.05, 0.1) is 19.3 Å². The zero-order valence-corrected chi connectivity index (χ0v) is 19.3. The monoisotopic (exact) mass is 511 g/mol. The van der Waals surface area contributed by atoms with Gasteiger partial charge in [-0.2, -0.15) is 0 Å². The summed E-state index contributed by atoms with van der Waals surface area (Å²) < 4.78 is 16.9. The van der Waals surface area contributed by atoms with Gasteiger partial charge in [-0.3, -0.25) is 0 Å². The number of nitrogens with zero attached hydrogens (tertiary/aromatic N) is 1. The number of aliphatic imine (C=N–C) groups is 1. The van der Waals surface area contributed by atoms with Crippen molar-refractivity contribution < 1.29 is 14.2 Å². The first-order chi connectivity index (χ1) is 13.7. The molecule has 1 unspecified atom stereocenters. The van der Waals surface area contributed by atoms with Crippen molar-refractivity contribution in [1.82, 2.24) is 0 Å². The highest BCUT2D eigenvalue weighted by Crippen LogP contribution is 2.23. The predicted octanol–water partition coefficient (Wildman–Crippen LogP) is 4.24. The van der Waals surface area contributed by atoms with Crippen LogP contribution in [0, 0.1) is 6.92 Å². The fraction of sp³-hybridized carbons (Fsp3) is 0.409. The van der Waals surface area contributed by atoms with Crippen LogP contribution in [-0.2, 0) is 22.6 Å². The van der Waals surface area contributed by atoms with Crippen molar-refractivity contribution in [3.05, 3.63) is 59.2 Å². The largest absolute Gasteiger partial charge is 0.491 e. The van der Waals surface area contributed by atoms with Crippen LogP contribution in [0.25, 0.3) is 0 Å². The van der Waals surface area contributed by atoms with Crippen LogP contribution in [0.1, 0.15) is 29.5 Å². The van der Waals surface area contributed by atoms with Gasteiger partial charge in [-0.05, 0) is 37.5 Å². The van der Waals surface area contributed by atoms with E-state index in [0.29, 0.717) is 25.7 Å². The maximum Gasteiger partial charge on any atom is 0.193 e. The summed E-state index contributed by atoms with van der Waals surface area (Å²) in [5.41, 5.74) is 10.2. The maximum atomic E-state index is 6.11. The smallest absolute Gasteiger partial charge is 0.193 e. The van der Waals surface area contributed by atoms with Gasteiger partial charge in [0, 0.05) is 30.5 Å². The molecule has 158 valence electrons. The Kier molecular flexibility index (Phi) is 9.69. The maximum absolute atomic E-state index is 6.11. The standard InChI is InChI=1S/C22H29N3O3.HI/c1-16-9-10-17(21(12-16)28-15-19-7-5-11-27-19)13-24-22(23)25-20-8-4-3-6-18(20)14-26-2;/h3-4,6,8-10,12,19H,5,7,11,13-15H2,1-2H3,(H3,23,24,25);1H. The van der Waals surface area contributed by atoms with E-state index in [1.807, 2.05) is 36.4 Å². The van der Waals surface area contributed by atoms with Crippen molar-refractivity contribution in [3.8, 4) is 5.75 Å². The molecule has 0 aromatic heterocycles. The number of methoxy groups -OCH3 is 1. The number of rotatable bonds is 8. The molecule has 0 spiro atoms. The van der Waals surface area contributed by atoms with E-state index in [9.17, 15) is 0 Å². The number of hydrogen-bond acceptors (Lipinski definition) is 4. The molecule has 3 rings (SSSR count). The summed E-state index contributed by atoms with van der Waals surface area (Å²) in [4.78, 5) is 4.49. The van der Waals surface area contributed by atoms with E-state index in [0.717, 1.165) is 47.6 Å². The highest BCUT2D eigenvalue weighted by atomic mass is 127. The van der Waals surface area contributed by atoms with Gasteiger partial charge in [0.1, 0.15) is 12.4 Å². The van der Waals surface area contributed by atoms with Crippen molar-refractivity contribution in [3.63, 3.8) is 0 Å². The average molecular weight is 511 g/mol. The summed E-state index contributed by atoms with van der Waals surface area (Å²) in [5, 5.41) is 3.16. The second-order valence-corrected chi connectivity index (χ2v) is 6.97. The summed E-state index contributed by atoms with van der Waals surface area (Å²) in [6.45, 7) is 4.39. The topological polar surface area (TPSA) is 78.1 Å². The molecule has 3 N–H and O–H groups in total. The summed E-state index contributed by atoms with van der Waals surface area (Å²) in [7, 11) is 1.67. The molecule has 1 atom stereocenters. The Morgan fingerprint density at radius 2 is 2.07 bits per heavy atom. The van der Waals surface area contributed by atoms with Crippen molar-refractivity contribution in [2.45, 2.75) is 39.0 Å². The van der Waals surface area contributed by atoms with Gasteiger partial charge in [0.15, 0.2) is 5.96 Å². The van der Waals surface area contributed by atoms with Crippen LogP contribution in [0.15, 0.2) is 47.5 Å². The Bertz CT molecular complexity index is 808. The lowest BCUT2D eigenvalue weighted by Gasteiger charge is -2.15. The number of para-hydroxylation sites is 1. The first kappa shape index (κ1) is 23.4.